The molecule has 1 heterocycles. The van der Waals surface area contributed by atoms with Crippen molar-refractivity contribution in [1.29, 1.82) is 0 Å². The van der Waals surface area contributed by atoms with Crippen LogP contribution in [-0.2, 0) is 11.3 Å². The molecular formula is C8H9F3N2OS. The topological polar surface area (TPSA) is 33.2 Å². The first-order chi connectivity index (χ1) is 6.80. The smallest absolute Gasteiger partial charge is 0.331 e. The molecular weight excluding hydrogens is 229 g/mol. The Labute approximate surface area is 88.5 Å². The van der Waals surface area contributed by atoms with Crippen molar-refractivity contribution in [1.82, 2.24) is 9.88 Å². The van der Waals surface area contributed by atoms with Gasteiger partial charge in [-0.25, -0.2) is 4.98 Å². The van der Waals surface area contributed by atoms with Crippen LogP contribution in [-0.4, -0.2) is 29.0 Å². The average Bonchev–Trinajstić information content (AvgIpc) is 2.48. The first-order valence-corrected chi connectivity index (χ1v) is 4.92. The van der Waals surface area contributed by atoms with E-state index in [2.05, 4.69) is 4.98 Å². The van der Waals surface area contributed by atoms with Crippen LogP contribution in [0.25, 0.3) is 0 Å². The van der Waals surface area contributed by atoms with E-state index in [9.17, 15) is 18.0 Å². The summed E-state index contributed by atoms with van der Waals surface area (Å²) >= 11 is 1.23. The maximum atomic E-state index is 12.0. The van der Waals surface area contributed by atoms with E-state index in [0.717, 1.165) is 12.7 Å². The van der Waals surface area contributed by atoms with Crippen molar-refractivity contribution in [2.45, 2.75) is 19.6 Å². The second-order valence-electron chi connectivity index (χ2n) is 3.04. The Balaban J connectivity index is 2.64. The summed E-state index contributed by atoms with van der Waals surface area (Å²) in [5, 5.41) is 2.22. The highest BCUT2D eigenvalue weighted by Gasteiger charge is 2.41. The Morgan fingerprint density at radius 3 is 2.60 bits per heavy atom. The van der Waals surface area contributed by atoms with Gasteiger partial charge in [-0.2, -0.15) is 13.2 Å². The predicted octanol–water partition coefficient (Wildman–Crippen LogP) is 1.97. The number of hydrogen-bond donors (Lipinski definition) is 0. The first-order valence-electron chi connectivity index (χ1n) is 4.04. The van der Waals surface area contributed by atoms with Gasteiger partial charge in [-0.15, -0.1) is 11.3 Å². The van der Waals surface area contributed by atoms with Gasteiger partial charge >= 0.3 is 12.1 Å². The molecule has 0 fully saturated rings. The van der Waals surface area contributed by atoms with Crippen LogP contribution < -0.4 is 0 Å². The van der Waals surface area contributed by atoms with E-state index in [4.69, 9.17) is 0 Å². The molecule has 15 heavy (non-hydrogen) atoms. The van der Waals surface area contributed by atoms with Gasteiger partial charge in [0.15, 0.2) is 0 Å². The lowest BCUT2D eigenvalue weighted by Crippen LogP contribution is -2.37. The number of thiazole rings is 1. The molecule has 0 bridgehead atoms. The molecule has 84 valence electrons. The number of aromatic nitrogens is 1. The van der Waals surface area contributed by atoms with Gasteiger partial charge in [0.05, 0.1) is 6.54 Å². The molecule has 0 aliphatic heterocycles. The Morgan fingerprint density at radius 1 is 1.60 bits per heavy atom. The number of hydrogen-bond acceptors (Lipinski definition) is 3. The van der Waals surface area contributed by atoms with Crippen molar-refractivity contribution in [3.8, 4) is 0 Å². The van der Waals surface area contributed by atoms with E-state index in [0.29, 0.717) is 9.91 Å². The van der Waals surface area contributed by atoms with Gasteiger partial charge in [0.2, 0.25) is 0 Å². The van der Waals surface area contributed by atoms with Crippen LogP contribution in [0.5, 0.6) is 0 Å². The fraction of sp³-hybridized carbons (Fsp3) is 0.500. The zero-order valence-corrected chi connectivity index (χ0v) is 8.95. The Hall–Kier alpha value is -1.11. The maximum Gasteiger partial charge on any atom is 0.471 e. The van der Waals surface area contributed by atoms with Crippen LogP contribution in [0.1, 0.15) is 10.7 Å². The number of amides is 1. The minimum Gasteiger partial charge on any atom is -0.331 e. The van der Waals surface area contributed by atoms with Crippen LogP contribution in [0.4, 0.5) is 13.2 Å². The molecule has 7 heteroatoms. The van der Waals surface area contributed by atoms with E-state index in [1.807, 2.05) is 0 Å². The standard InChI is InChI=1S/C8H9F3N2OS/c1-5-4-15-6(12-5)3-13(2)7(14)8(9,10)11/h4H,3H2,1-2H3. The molecule has 0 saturated carbocycles. The lowest BCUT2D eigenvalue weighted by atomic mass is 10.5. The molecule has 0 unspecified atom stereocenters. The lowest BCUT2D eigenvalue weighted by Gasteiger charge is -2.16. The monoisotopic (exact) mass is 238 g/mol. The van der Waals surface area contributed by atoms with E-state index >= 15 is 0 Å². The van der Waals surface area contributed by atoms with Crippen molar-refractivity contribution in [3.63, 3.8) is 0 Å². The maximum absolute atomic E-state index is 12.0. The van der Waals surface area contributed by atoms with Gasteiger partial charge in [0, 0.05) is 18.1 Å². The highest BCUT2D eigenvalue weighted by atomic mass is 32.1. The van der Waals surface area contributed by atoms with E-state index < -0.39 is 12.1 Å². The molecule has 0 aromatic carbocycles. The second-order valence-corrected chi connectivity index (χ2v) is 3.98. The molecule has 1 aromatic rings. The van der Waals surface area contributed by atoms with Crippen molar-refractivity contribution >= 4 is 17.2 Å². The molecule has 0 spiro atoms. The molecule has 0 N–H and O–H groups in total. The summed E-state index contributed by atoms with van der Waals surface area (Å²) in [4.78, 5) is 15.3. The number of alkyl halides is 3. The third-order valence-corrected chi connectivity index (χ3v) is 2.58. The Bertz CT molecular complexity index is 361. The minimum absolute atomic E-state index is 0.114. The third kappa shape index (κ3) is 3.19. The Kier molecular flexibility index (Phi) is 3.33. The van der Waals surface area contributed by atoms with Gasteiger partial charge in [-0.05, 0) is 6.92 Å². The van der Waals surface area contributed by atoms with Gasteiger partial charge < -0.3 is 4.90 Å². The molecule has 0 atom stereocenters. The highest BCUT2D eigenvalue weighted by Crippen LogP contribution is 2.19. The number of halogens is 3. The van der Waals surface area contributed by atoms with Crippen LogP contribution in [0.2, 0.25) is 0 Å². The molecule has 1 amide bonds. The fourth-order valence-electron chi connectivity index (χ4n) is 0.966. The zero-order chi connectivity index (χ0) is 11.6. The van der Waals surface area contributed by atoms with Crippen LogP contribution in [0.15, 0.2) is 5.38 Å². The summed E-state index contributed by atoms with van der Waals surface area (Å²) in [5.74, 6) is -1.85. The molecule has 0 radical (unpaired) electrons. The molecule has 0 aliphatic carbocycles. The number of carbonyl (C=O) groups is 1. The summed E-state index contributed by atoms with van der Waals surface area (Å²) < 4.78 is 36.0. The third-order valence-electron chi connectivity index (χ3n) is 1.63. The molecule has 0 saturated heterocycles. The fourth-order valence-corrected chi connectivity index (χ4v) is 1.79. The predicted molar refractivity (Wildman–Crippen MR) is 49.4 cm³/mol. The summed E-state index contributed by atoms with van der Waals surface area (Å²) in [6, 6.07) is 0. The molecule has 0 aliphatic rings. The van der Waals surface area contributed by atoms with Crippen LogP contribution in [0.3, 0.4) is 0 Å². The van der Waals surface area contributed by atoms with Crippen molar-refractivity contribution < 1.29 is 18.0 Å². The summed E-state index contributed by atoms with van der Waals surface area (Å²) in [7, 11) is 1.10. The number of rotatable bonds is 2. The number of nitrogens with zero attached hydrogens (tertiary/aromatic N) is 2. The largest absolute Gasteiger partial charge is 0.471 e. The minimum atomic E-state index is -4.82. The Morgan fingerprint density at radius 2 is 2.20 bits per heavy atom. The number of aryl methyl sites for hydroxylation is 1. The number of carbonyl (C=O) groups excluding carboxylic acids is 1. The second kappa shape index (κ2) is 4.18. The van der Waals surface area contributed by atoms with Gasteiger partial charge in [0.1, 0.15) is 5.01 Å². The van der Waals surface area contributed by atoms with E-state index in [1.54, 1.807) is 12.3 Å². The van der Waals surface area contributed by atoms with Crippen molar-refractivity contribution in [3.05, 3.63) is 16.1 Å². The van der Waals surface area contributed by atoms with Crippen LogP contribution >= 0.6 is 11.3 Å². The first kappa shape index (κ1) is 12.0. The zero-order valence-electron chi connectivity index (χ0n) is 8.13. The highest BCUT2D eigenvalue weighted by molar-refractivity contribution is 7.09. The molecule has 1 aromatic heterocycles. The van der Waals surface area contributed by atoms with Crippen molar-refractivity contribution in [2.75, 3.05) is 7.05 Å². The van der Waals surface area contributed by atoms with E-state index in [1.165, 1.54) is 11.3 Å². The summed E-state index contributed by atoms with van der Waals surface area (Å²) in [6.45, 7) is 1.63. The van der Waals surface area contributed by atoms with E-state index in [-0.39, 0.29) is 6.54 Å². The molecule has 3 nitrogen and oxygen atoms in total. The summed E-state index contributed by atoms with van der Waals surface area (Å²) in [5.41, 5.74) is 0.739. The summed E-state index contributed by atoms with van der Waals surface area (Å²) in [6.07, 6.45) is -4.82. The molecule has 1 rings (SSSR count). The van der Waals surface area contributed by atoms with Crippen LogP contribution in [0, 0.1) is 6.92 Å². The van der Waals surface area contributed by atoms with Gasteiger partial charge in [0.25, 0.3) is 0 Å². The van der Waals surface area contributed by atoms with Gasteiger partial charge in [-0.1, -0.05) is 0 Å². The quantitative estimate of drug-likeness (QED) is 0.789. The lowest BCUT2D eigenvalue weighted by molar-refractivity contribution is -0.184. The average molecular weight is 238 g/mol. The SMILES string of the molecule is Cc1csc(CN(C)C(=O)C(F)(F)F)n1. The van der Waals surface area contributed by atoms with Gasteiger partial charge in [-0.3, -0.25) is 4.79 Å². The normalized spacial score (nSPS) is 11.5. The van der Waals surface area contributed by atoms with Crippen molar-refractivity contribution in [2.24, 2.45) is 0 Å².